The molecule has 0 N–H and O–H groups in total. The quantitative estimate of drug-likeness (QED) is 0.0262. The smallest absolute Gasteiger partial charge is 0.306 e. The zero-order valence-corrected chi connectivity index (χ0v) is 44.7. The minimum atomic E-state index is -0.854. The van der Waals surface area contributed by atoms with Crippen molar-refractivity contribution < 1.29 is 28.6 Å². The van der Waals surface area contributed by atoms with Gasteiger partial charge in [0.05, 0.1) is 0 Å². The van der Waals surface area contributed by atoms with Gasteiger partial charge in [0.2, 0.25) is 0 Å². The molecule has 0 aliphatic rings. The fraction of sp³-hybridized carbons (Fsp3) is 0.578. The Labute approximate surface area is 429 Å². The summed E-state index contributed by atoms with van der Waals surface area (Å²) in [6, 6.07) is 0. The molecule has 1 atom stereocenters. The van der Waals surface area contributed by atoms with Crippen molar-refractivity contribution in [3.8, 4) is 0 Å². The Kier molecular flexibility index (Phi) is 53.0. The first kappa shape index (κ1) is 65.3. The van der Waals surface area contributed by atoms with Gasteiger partial charge in [0.1, 0.15) is 13.2 Å². The summed E-state index contributed by atoms with van der Waals surface area (Å²) in [5.74, 6) is -1.11. The van der Waals surface area contributed by atoms with Crippen LogP contribution in [0.25, 0.3) is 0 Å². The molecule has 0 aliphatic heterocycles. The SMILES string of the molecule is CC/C=C/C/C=C/C/C=C/C/C=C/C/C=C/C/C=C/CCC(=O)OC[C@@H](COC(=O)CCCCCCCCCCCCCCCC)OC(=O)CC/C=C/C/C=C/C/C=C/C/C=C/C/C=C/C/C=C/CC. The van der Waals surface area contributed by atoms with E-state index >= 15 is 0 Å². The largest absolute Gasteiger partial charge is 0.462 e. The highest BCUT2D eigenvalue weighted by atomic mass is 16.6. The molecule has 0 aromatic rings. The molecule has 0 aromatic carbocycles. The first-order valence-corrected chi connectivity index (χ1v) is 27.8. The van der Waals surface area contributed by atoms with Crippen molar-refractivity contribution in [2.45, 2.75) is 226 Å². The van der Waals surface area contributed by atoms with Gasteiger partial charge in [-0.3, -0.25) is 14.4 Å². The van der Waals surface area contributed by atoms with E-state index in [9.17, 15) is 14.4 Å². The van der Waals surface area contributed by atoms with Crippen LogP contribution in [0.5, 0.6) is 0 Å². The van der Waals surface area contributed by atoms with Crippen LogP contribution >= 0.6 is 0 Å². The van der Waals surface area contributed by atoms with Crippen molar-refractivity contribution in [1.82, 2.24) is 0 Å². The Balaban J connectivity index is 4.64. The highest BCUT2D eigenvalue weighted by Gasteiger charge is 2.19. The van der Waals surface area contributed by atoms with Gasteiger partial charge in [-0.1, -0.05) is 250 Å². The predicted molar refractivity (Wildman–Crippen MR) is 302 cm³/mol. The lowest BCUT2D eigenvalue weighted by Crippen LogP contribution is -2.30. The van der Waals surface area contributed by atoms with Crippen LogP contribution in [0.1, 0.15) is 220 Å². The maximum Gasteiger partial charge on any atom is 0.306 e. The molecule has 0 saturated heterocycles. The molecule has 0 rings (SSSR count). The van der Waals surface area contributed by atoms with Crippen LogP contribution in [-0.2, 0) is 28.6 Å². The van der Waals surface area contributed by atoms with Gasteiger partial charge >= 0.3 is 17.9 Å². The standard InChI is InChI=1S/C64H100O6/c1-4-7-10-13-16-19-22-25-28-30-32-34-36-39-42-45-48-51-54-57-63(66)69-60-61(59-68-62(65)56-53-50-47-44-41-38-27-24-21-18-15-12-9-6-3)70-64(67)58-55-52-49-46-43-40-37-35-33-31-29-26-23-20-17-14-11-8-5-2/h7-8,10-11,16-17,19-20,25-26,28-29,32-35,39-40,42-43,48-49,51-52,61H,4-6,9,12-15,18,21-24,27,30-31,36-38,41,44-47,50,53-60H2,1-3H3/b10-7+,11-8+,19-16+,20-17+,28-25+,29-26+,34-32+,35-33+,42-39+,43-40+,51-48+,52-49+/t61-/m1/s1. The van der Waals surface area contributed by atoms with Crippen LogP contribution in [0.15, 0.2) is 146 Å². The number of allylic oxidation sites excluding steroid dienone is 24. The summed E-state index contributed by atoms with van der Waals surface area (Å²) >= 11 is 0. The van der Waals surface area contributed by atoms with E-state index in [1.165, 1.54) is 70.6 Å². The molecule has 392 valence electrons. The molecule has 0 bridgehead atoms. The summed E-state index contributed by atoms with van der Waals surface area (Å²) in [4.78, 5) is 38.1. The van der Waals surface area contributed by atoms with Crippen LogP contribution in [0, 0.1) is 0 Å². The molecule has 0 aromatic heterocycles. The first-order valence-electron chi connectivity index (χ1n) is 27.8. The molecular weight excluding hydrogens is 865 g/mol. The number of hydrogen-bond acceptors (Lipinski definition) is 6. The number of carbonyl (C=O) groups excluding carboxylic acids is 3. The molecular formula is C64H100O6. The van der Waals surface area contributed by atoms with Crippen LogP contribution in [-0.4, -0.2) is 37.2 Å². The van der Waals surface area contributed by atoms with E-state index < -0.39 is 12.1 Å². The van der Waals surface area contributed by atoms with E-state index in [0.29, 0.717) is 19.3 Å². The molecule has 6 nitrogen and oxygen atoms in total. The Hall–Kier alpha value is -4.71. The minimum Gasteiger partial charge on any atom is -0.462 e. The lowest BCUT2D eigenvalue weighted by Gasteiger charge is -2.18. The van der Waals surface area contributed by atoms with Crippen LogP contribution in [0.2, 0.25) is 0 Å². The number of unbranched alkanes of at least 4 members (excludes halogenated alkanes) is 13. The Morgan fingerprint density at radius 2 is 0.557 bits per heavy atom. The zero-order valence-electron chi connectivity index (χ0n) is 44.7. The normalized spacial score (nSPS) is 13.2. The lowest BCUT2D eigenvalue weighted by atomic mass is 10.0. The summed E-state index contributed by atoms with van der Waals surface area (Å²) in [6.07, 6.45) is 81.4. The van der Waals surface area contributed by atoms with Crippen molar-refractivity contribution in [1.29, 1.82) is 0 Å². The molecule has 0 aliphatic carbocycles. The Morgan fingerprint density at radius 1 is 0.300 bits per heavy atom. The molecule has 0 spiro atoms. The predicted octanol–water partition coefficient (Wildman–Crippen LogP) is 18.8. The van der Waals surface area contributed by atoms with Crippen molar-refractivity contribution >= 4 is 17.9 Å². The van der Waals surface area contributed by atoms with Crippen molar-refractivity contribution in [3.63, 3.8) is 0 Å². The second-order valence-corrected chi connectivity index (χ2v) is 17.7. The van der Waals surface area contributed by atoms with E-state index in [-0.39, 0.29) is 38.0 Å². The third kappa shape index (κ3) is 54.2. The zero-order chi connectivity index (χ0) is 50.7. The molecule has 0 heterocycles. The maximum absolute atomic E-state index is 12.8. The third-order valence-electron chi connectivity index (χ3n) is 11.1. The van der Waals surface area contributed by atoms with Gasteiger partial charge in [-0.15, -0.1) is 0 Å². The van der Waals surface area contributed by atoms with Gasteiger partial charge in [-0.05, 0) is 96.3 Å². The van der Waals surface area contributed by atoms with Crippen molar-refractivity contribution in [3.05, 3.63) is 146 Å². The van der Waals surface area contributed by atoms with E-state index in [4.69, 9.17) is 14.2 Å². The van der Waals surface area contributed by atoms with Crippen LogP contribution < -0.4 is 0 Å². The molecule has 70 heavy (non-hydrogen) atoms. The van der Waals surface area contributed by atoms with Gasteiger partial charge in [-0.25, -0.2) is 0 Å². The summed E-state index contributed by atoms with van der Waals surface area (Å²) < 4.78 is 16.7. The lowest BCUT2D eigenvalue weighted by molar-refractivity contribution is -0.166. The first-order chi connectivity index (χ1) is 34.5. The number of rotatable bonds is 48. The average Bonchev–Trinajstić information content (AvgIpc) is 3.36. The topological polar surface area (TPSA) is 78.9 Å². The fourth-order valence-electron chi connectivity index (χ4n) is 7.02. The monoisotopic (exact) mass is 965 g/mol. The maximum atomic E-state index is 12.8. The van der Waals surface area contributed by atoms with Gasteiger partial charge in [0.25, 0.3) is 0 Å². The number of ether oxygens (including phenoxy) is 3. The second kappa shape index (κ2) is 56.9. The number of hydrogen-bond donors (Lipinski definition) is 0. The van der Waals surface area contributed by atoms with Gasteiger partial charge in [0, 0.05) is 19.3 Å². The van der Waals surface area contributed by atoms with Crippen LogP contribution in [0.4, 0.5) is 0 Å². The molecule has 0 radical (unpaired) electrons. The number of esters is 3. The van der Waals surface area contributed by atoms with Crippen LogP contribution in [0.3, 0.4) is 0 Å². The molecule has 0 fully saturated rings. The molecule has 0 unspecified atom stereocenters. The van der Waals surface area contributed by atoms with Gasteiger partial charge in [-0.2, -0.15) is 0 Å². The van der Waals surface area contributed by atoms with Crippen molar-refractivity contribution in [2.24, 2.45) is 0 Å². The molecule has 0 saturated carbocycles. The average molecular weight is 965 g/mol. The second-order valence-electron chi connectivity index (χ2n) is 17.7. The van der Waals surface area contributed by atoms with E-state index in [1.54, 1.807) is 0 Å². The van der Waals surface area contributed by atoms with E-state index in [2.05, 4.69) is 142 Å². The fourth-order valence-corrected chi connectivity index (χ4v) is 7.02. The molecule has 0 amide bonds. The summed E-state index contributed by atoms with van der Waals surface area (Å²) in [7, 11) is 0. The summed E-state index contributed by atoms with van der Waals surface area (Å²) in [6.45, 7) is 6.27. The number of carbonyl (C=O) groups is 3. The third-order valence-corrected chi connectivity index (χ3v) is 11.1. The van der Waals surface area contributed by atoms with Gasteiger partial charge in [0.15, 0.2) is 6.10 Å². The summed E-state index contributed by atoms with van der Waals surface area (Å²) in [5, 5.41) is 0. The Bertz CT molecular complexity index is 1580. The summed E-state index contributed by atoms with van der Waals surface area (Å²) in [5.41, 5.74) is 0. The van der Waals surface area contributed by atoms with Crippen molar-refractivity contribution in [2.75, 3.05) is 13.2 Å². The molecule has 6 heteroatoms. The van der Waals surface area contributed by atoms with E-state index in [0.717, 1.165) is 96.3 Å². The highest BCUT2D eigenvalue weighted by molar-refractivity contribution is 5.71. The van der Waals surface area contributed by atoms with Gasteiger partial charge < -0.3 is 14.2 Å². The van der Waals surface area contributed by atoms with E-state index in [1.807, 2.05) is 24.3 Å². The minimum absolute atomic E-state index is 0.135. The highest BCUT2D eigenvalue weighted by Crippen LogP contribution is 2.14. The Morgan fingerprint density at radius 3 is 0.871 bits per heavy atom.